The molecule has 0 bridgehead atoms. The van der Waals surface area contributed by atoms with Crippen molar-refractivity contribution in [3.05, 3.63) is 64.7 Å². The molecule has 0 atom stereocenters. The number of hydrogen-bond acceptors (Lipinski definition) is 2. The number of hydrogen-bond donors (Lipinski definition) is 1. The van der Waals surface area contributed by atoms with Gasteiger partial charge in [-0.05, 0) is 31.0 Å². The van der Waals surface area contributed by atoms with Crippen LogP contribution < -0.4 is 5.32 Å². The summed E-state index contributed by atoms with van der Waals surface area (Å²) in [4.78, 5) is 24.5. The van der Waals surface area contributed by atoms with E-state index in [1.165, 1.54) is 0 Å². The van der Waals surface area contributed by atoms with Gasteiger partial charge in [0.25, 0.3) is 0 Å². The Balaban J connectivity index is 1.94. The lowest BCUT2D eigenvalue weighted by Crippen LogP contribution is -2.16. The predicted octanol–water partition coefficient (Wildman–Crippen LogP) is 3.92. The van der Waals surface area contributed by atoms with Gasteiger partial charge < -0.3 is 5.32 Å². The minimum atomic E-state index is -0.149. The van der Waals surface area contributed by atoms with Gasteiger partial charge in [0.1, 0.15) is 0 Å². The number of carbonyl (C=O) groups is 2. The third-order valence-electron chi connectivity index (χ3n) is 3.47. The van der Waals surface area contributed by atoms with Crippen LogP contribution in [0, 0.1) is 5.92 Å². The van der Waals surface area contributed by atoms with Crippen molar-refractivity contribution in [1.29, 1.82) is 0 Å². The molecule has 1 fully saturated rings. The Bertz CT molecular complexity index is 693. The Kier molecular flexibility index (Phi) is 3.76. The van der Waals surface area contributed by atoms with Crippen molar-refractivity contribution in [2.75, 3.05) is 5.32 Å². The maximum Gasteiger partial charge on any atom is 0.227 e. The lowest BCUT2D eigenvalue weighted by Gasteiger charge is -2.11. The molecule has 0 unspecified atom stereocenters. The highest BCUT2D eigenvalue weighted by molar-refractivity contribution is 6.31. The van der Waals surface area contributed by atoms with Gasteiger partial charge >= 0.3 is 0 Å². The van der Waals surface area contributed by atoms with Crippen LogP contribution in [0.15, 0.2) is 48.5 Å². The van der Waals surface area contributed by atoms with Gasteiger partial charge in [-0.15, -0.1) is 0 Å². The molecule has 21 heavy (non-hydrogen) atoms. The summed E-state index contributed by atoms with van der Waals surface area (Å²) in [7, 11) is 0. The van der Waals surface area contributed by atoms with Crippen molar-refractivity contribution in [2.24, 2.45) is 5.92 Å². The summed E-state index contributed by atoms with van der Waals surface area (Å²) in [5.74, 6) is -0.0935. The first kappa shape index (κ1) is 13.8. The molecule has 0 heterocycles. The van der Waals surface area contributed by atoms with Crippen LogP contribution in [0.5, 0.6) is 0 Å². The Morgan fingerprint density at radius 2 is 1.76 bits per heavy atom. The van der Waals surface area contributed by atoms with Crippen molar-refractivity contribution in [3.63, 3.8) is 0 Å². The van der Waals surface area contributed by atoms with Crippen molar-refractivity contribution in [2.45, 2.75) is 12.8 Å². The molecular weight excluding hydrogens is 286 g/mol. The van der Waals surface area contributed by atoms with Crippen molar-refractivity contribution in [1.82, 2.24) is 0 Å². The zero-order valence-electron chi connectivity index (χ0n) is 11.3. The number of benzene rings is 2. The van der Waals surface area contributed by atoms with Gasteiger partial charge in [0.05, 0.1) is 5.69 Å². The summed E-state index contributed by atoms with van der Waals surface area (Å²) in [6.07, 6.45) is 1.84. The van der Waals surface area contributed by atoms with Crippen LogP contribution in [-0.2, 0) is 4.79 Å². The summed E-state index contributed by atoms with van der Waals surface area (Å²) < 4.78 is 0. The molecule has 3 nitrogen and oxygen atoms in total. The lowest BCUT2D eigenvalue weighted by atomic mass is 10.0. The fraction of sp³-hybridized carbons (Fsp3) is 0.176. The van der Waals surface area contributed by atoms with Crippen LogP contribution in [0.4, 0.5) is 5.69 Å². The molecule has 1 aliphatic rings. The summed E-state index contributed by atoms with van der Waals surface area (Å²) in [5, 5.41) is 3.30. The van der Waals surface area contributed by atoms with Crippen molar-refractivity contribution >= 4 is 29.0 Å². The average Bonchev–Trinajstić information content (AvgIpc) is 3.34. The van der Waals surface area contributed by atoms with Gasteiger partial charge in [0.15, 0.2) is 5.78 Å². The quantitative estimate of drug-likeness (QED) is 0.870. The molecule has 0 saturated heterocycles. The second-order valence-corrected chi connectivity index (χ2v) is 5.59. The van der Waals surface area contributed by atoms with Crippen molar-refractivity contribution < 1.29 is 9.59 Å². The largest absolute Gasteiger partial charge is 0.325 e. The molecule has 0 spiro atoms. The molecule has 0 aromatic heterocycles. The average molecular weight is 300 g/mol. The van der Waals surface area contributed by atoms with Crippen LogP contribution in [0.2, 0.25) is 5.02 Å². The first-order chi connectivity index (χ1) is 10.1. The fourth-order valence-electron chi connectivity index (χ4n) is 2.14. The van der Waals surface area contributed by atoms with Crippen LogP contribution in [0.25, 0.3) is 0 Å². The summed E-state index contributed by atoms with van der Waals surface area (Å²) >= 11 is 5.99. The first-order valence-corrected chi connectivity index (χ1v) is 7.23. The van der Waals surface area contributed by atoms with E-state index in [0.29, 0.717) is 21.8 Å². The Morgan fingerprint density at radius 3 is 2.43 bits per heavy atom. The number of halogens is 1. The van der Waals surface area contributed by atoms with Crippen LogP contribution in [0.1, 0.15) is 28.8 Å². The second-order valence-electron chi connectivity index (χ2n) is 5.15. The lowest BCUT2D eigenvalue weighted by molar-refractivity contribution is -0.117. The topological polar surface area (TPSA) is 46.2 Å². The molecular formula is C17H14ClNO2. The first-order valence-electron chi connectivity index (χ1n) is 6.85. The zero-order chi connectivity index (χ0) is 14.8. The van der Waals surface area contributed by atoms with Gasteiger partial charge in [-0.1, -0.05) is 41.9 Å². The van der Waals surface area contributed by atoms with E-state index >= 15 is 0 Å². The summed E-state index contributed by atoms with van der Waals surface area (Å²) in [5.41, 5.74) is 1.51. The van der Waals surface area contributed by atoms with Gasteiger partial charge in [0, 0.05) is 22.1 Å². The summed E-state index contributed by atoms with van der Waals surface area (Å²) in [6, 6.07) is 13.9. The van der Waals surface area contributed by atoms with E-state index in [2.05, 4.69) is 5.32 Å². The highest BCUT2D eigenvalue weighted by Crippen LogP contribution is 2.31. The predicted molar refractivity (Wildman–Crippen MR) is 82.7 cm³/mol. The maximum absolute atomic E-state index is 12.6. The van der Waals surface area contributed by atoms with E-state index in [0.717, 1.165) is 12.8 Å². The monoisotopic (exact) mass is 299 g/mol. The normalized spacial score (nSPS) is 13.8. The third kappa shape index (κ3) is 3.14. The molecule has 4 heteroatoms. The molecule has 2 aromatic carbocycles. The molecule has 2 aromatic rings. The number of ketones is 1. The molecule has 1 saturated carbocycles. The van der Waals surface area contributed by atoms with Gasteiger partial charge in [-0.3, -0.25) is 9.59 Å². The number of carbonyl (C=O) groups excluding carboxylic acids is 2. The van der Waals surface area contributed by atoms with E-state index in [9.17, 15) is 9.59 Å². The number of anilines is 1. The van der Waals surface area contributed by atoms with E-state index in [1.54, 1.807) is 42.5 Å². The van der Waals surface area contributed by atoms with Crippen molar-refractivity contribution in [3.8, 4) is 0 Å². The van der Waals surface area contributed by atoms with E-state index in [4.69, 9.17) is 11.6 Å². The molecule has 0 radical (unpaired) electrons. The van der Waals surface area contributed by atoms with Gasteiger partial charge in [-0.25, -0.2) is 0 Å². The highest BCUT2D eigenvalue weighted by Gasteiger charge is 2.30. The van der Waals surface area contributed by atoms with E-state index in [1.807, 2.05) is 6.07 Å². The standard InChI is InChI=1S/C17H14ClNO2/c18-13-8-9-15(19-17(21)12-6-7-12)14(10-13)16(20)11-4-2-1-3-5-11/h1-5,8-10,12H,6-7H2,(H,19,21). The highest BCUT2D eigenvalue weighted by atomic mass is 35.5. The molecule has 1 amide bonds. The number of nitrogens with one attached hydrogen (secondary N) is 1. The third-order valence-corrected chi connectivity index (χ3v) is 3.70. The Labute approximate surface area is 127 Å². The van der Waals surface area contributed by atoms with Gasteiger partial charge in [0.2, 0.25) is 5.91 Å². The van der Waals surface area contributed by atoms with Crippen LogP contribution >= 0.6 is 11.6 Å². The number of rotatable bonds is 4. The molecule has 1 aliphatic carbocycles. The summed E-state index contributed by atoms with van der Waals surface area (Å²) in [6.45, 7) is 0. The van der Waals surface area contributed by atoms with Crippen LogP contribution in [0.3, 0.4) is 0 Å². The second kappa shape index (κ2) is 5.70. The Morgan fingerprint density at radius 1 is 1.05 bits per heavy atom. The van der Waals surface area contributed by atoms with E-state index in [-0.39, 0.29) is 17.6 Å². The minimum absolute atomic E-state index is 0.0283. The molecule has 106 valence electrons. The smallest absolute Gasteiger partial charge is 0.227 e. The Hall–Kier alpha value is -2.13. The SMILES string of the molecule is O=C(c1ccccc1)c1cc(Cl)ccc1NC(=O)C1CC1. The molecule has 0 aliphatic heterocycles. The fourth-order valence-corrected chi connectivity index (χ4v) is 2.31. The minimum Gasteiger partial charge on any atom is -0.325 e. The maximum atomic E-state index is 12.6. The van der Waals surface area contributed by atoms with Gasteiger partial charge in [-0.2, -0.15) is 0 Å². The van der Waals surface area contributed by atoms with E-state index < -0.39 is 0 Å². The molecule has 3 rings (SSSR count). The molecule has 1 N–H and O–H groups in total. The number of amides is 1. The van der Waals surface area contributed by atoms with Crippen LogP contribution in [-0.4, -0.2) is 11.7 Å². The zero-order valence-corrected chi connectivity index (χ0v) is 12.1.